The third-order valence-electron chi connectivity index (χ3n) is 3.70. The molecule has 1 aromatic heterocycles. The second-order valence-corrected chi connectivity index (χ2v) is 6.10. The number of ether oxygens (including phenoxy) is 1. The molecular weight excluding hydrogens is 346 g/mol. The lowest BCUT2D eigenvalue weighted by molar-refractivity contribution is -0.123. The highest BCUT2D eigenvalue weighted by Crippen LogP contribution is 2.31. The highest BCUT2D eigenvalue weighted by atomic mass is 35.5. The van der Waals surface area contributed by atoms with E-state index in [0.29, 0.717) is 23.6 Å². The van der Waals surface area contributed by atoms with Crippen LogP contribution in [0.2, 0.25) is 5.02 Å². The van der Waals surface area contributed by atoms with Crippen LogP contribution in [0.5, 0.6) is 5.75 Å². The van der Waals surface area contributed by atoms with E-state index >= 15 is 0 Å². The molecule has 0 unspecified atom stereocenters. The average Bonchev–Trinajstić information content (AvgIpc) is 2.58. The molecule has 0 aliphatic rings. The van der Waals surface area contributed by atoms with Crippen LogP contribution in [0.15, 0.2) is 27.4 Å². The standard InChI is InChI=1S/C18H22ClNO5/c1-2-3-5-12-8-18(23)25-15-10-16(14(19)9-13(12)15)24-11-17(22)20-6-4-7-21/h8-10,21H,2-7,11H2,1H3,(H,20,22). The van der Waals surface area contributed by atoms with E-state index in [4.69, 9.17) is 25.9 Å². The molecule has 0 spiro atoms. The molecule has 0 saturated carbocycles. The molecule has 0 aliphatic heterocycles. The maximum Gasteiger partial charge on any atom is 0.336 e. The van der Waals surface area contributed by atoms with Crippen molar-refractivity contribution in [1.82, 2.24) is 5.32 Å². The third-order valence-corrected chi connectivity index (χ3v) is 3.99. The van der Waals surface area contributed by atoms with E-state index in [1.165, 1.54) is 12.1 Å². The maximum absolute atomic E-state index is 11.8. The molecule has 0 bridgehead atoms. The lowest BCUT2D eigenvalue weighted by Gasteiger charge is -2.11. The minimum absolute atomic E-state index is 0.0109. The topological polar surface area (TPSA) is 88.8 Å². The van der Waals surface area contributed by atoms with Crippen molar-refractivity contribution in [2.45, 2.75) is 32.6 Å². The summed E-state index contributed by atoms with van der Waals surface area (Å²) in [7, 11) is 0. The van der Waals surface area contributed by atoms with Crippen molar-refractivity contribution in [1.29, 1.82) is 0 Å². The van der Waals surface area contributed by atoms with E-state index < -0.39 is 5.63 Å². The largest absolute Gasteiger partial charge is 0.482 e. The fourth-order valence-corrected chi connectivity index (χ4v) is 2.63. The number of benzene rings is 1. The first-order valence-corrected chi connectivity index (χ1v) is 8.69. The predicted octanol–water partition coefficient (Wildman–Crippen LogP) is 2.67. The van der Waals surface area contributed by atoms with Crippen LogP contribution >= 0.6 is 11.6 Å². The summed E-state index contributed by atoms with van der Waals surface area (Å²) in [6.07, 6.45) is 3.22. The quantitative estimate of drug-likeness (QED) is 0.525. The summed E-state index contributed by atoms with van der Waals surface area (Å²) in [5.74, 6) is -0.0370. The number of halogens is 1. The van der Waals surface area contributed by atoms with Crippen LogP contribution in [0.4, 0.5) is 0 Å². The van der Waals surface area contributed by atoms with Gasteiger partial charge < -0.3 is 19.6 Å². The number of carbonyl (C=O) groups excluding carboxylic acids is 1. The molecule has 1 amide bonds. The molecule has 1 aromatic carbocycles. The van der Waals surface area contributed by atoms with E-state index in [0.717, 1.165) is 30.2 Å². The summed E-state index contributed by atoms with van der Waals surface area (Å²) in [6, 6.07) is 4.72. The summed E-state index contributed by atoms with van der Waals surface area (Å²) in [6.45, 7) is 2.26. The SMILES string of the molecule is CCCCc1cc(=O)oc2cc(OCC(=O)NCCCO)c(Cl)cc12. The first kappa shape index (κ1) is 19.3. The Kier molecular flexibility index (Phi) is 7.28. The molecule has 7 heteroatoms. The van der Waals surface area contributed by atoms with Crippen LogP contribution in [-0.4, -0.2) is 30.8 Å². The zero-order valence-corrected chi connectivity index (χ0v) is 14.9. The number of aliphatic hydroxyl groups excluding tert-OH is 1. The fraction of sp³-hybridized carbons (Fsp3) is 0.444. The van der Waals surface area contributed by atoms with E-state index in [-0.39, 0.29) is 24.9 Å². The molecule has 2 N–H and O–H groups in total. The van der Waals surface area contributed by atoms with Crippen molar-refractivity contribution >= 4 is 28.5 Å². The molecule has 0 aliphatic carbocycles. The third kappa shape index (κ3) is 5.47. The van der Waals surface area contributed by atoms with Gasteiger partial charge in [-0.15, -0.1) is 0 Å². The molecule has 6 nitrogen and oxygen atoms in total. The maximum atomic E-state index is 11.8. The number of hydrogen-bond donors (Lipinski definition) is 2. The van der Waals surface area contributed by atoms with Crippen molar-refractivity contribution in [3.05, 3.63) is 39.2 Å². The molecule has 136 valence electrons. The van der Waals surface area contributed by atoms with Crippen LogP contribution in [0.3, 0.4) is 0 Å². The van der Waals surface area contributed by atoms with Crippen LogP contribution in [0, 0.1) is 0 Å². The Morgan fingerprint density at radius 1 is 1.32 bits per heavy atom. The lowest BCUT2D eigenvalue weighted by atomic mass is 10.0. The van der Waals surface area contributed by atoms with Crippen LogP contribution in [0.25, 0.3) is 11.0 Å². The van der Waals surface area contributed by atoms with Gasteiger partial charge in [-0.3, -0.25) is 4.79 Å². The van der Waals surface area contributed by atoms with E-state index in [9.17, 15) is 9.59 Å². The first-order chi connectivity index (χ1) is 12.0. The van der Waals surface area contributed by atoms with E-state index in [2.05, 4.69) is 12.2 Å². The number of fused-ring (bicyclic) bond motifs is 1. The monoisotopic (exact) mass is 367 g/mol. The molecule has 25 heavy (non-hydrogen) atoms. The van der Waals surface area contributed by atoms with Gasteiger partial charge >= 0.3 is 5.63 Å². The zero-order valence-electron chi connectivity index (χ0n) is 14.1. The number of aryl methyl sites for hydroxylation is 1. The normalized spacial score (nSPS) is 10.8. The van der Waals surface area contributed by atoms with Gasteiger partial charge in [-0.25, -0.2) is 4.79 Å². The van der Waals surface area contributed by atoms with Gasteiger partial charge in [-0.1, -0.05) is 24.9 Å². The summed E-state index contributed by atoms with van der Waals surface area (Å²) in [5, 5.41) is 12.4. The van der Waals surface area contributed by atoms with Gasteiger partial charge in [0.1, 0.15) is 11.3 Å². The van der Waals surface area contributed by atoms with Gasteiger partial charge in [0, 0.05) is 30.7 Å². The summed E-state index contributed by atoms with van der Waals surface area (Å²) in [5.41, 5.74) is 0.857. The van der Waals surface area contributed by atoms with Gasteiger partial charge in [0.25, 0.3) is 5.91 Å². The van der Waals surface area contributed by atoms with Crippen molar-refractivity contribution < 1.29 is 19.1 Å². The minimum Gasteiger partial charge on any atom is -0.482 e. The molecule has 2 aromatic rings. The second kappa shape index (κ2) is 9.44. The number of hydrogen-bond acceptors (Lipinski definition) is 5. The van der Waals surface area contributed by atoms with E-state index in [1.54, 1.807) is 6.07 Å². The number of nitrogens with one attached hydrogen (secondary N) is 1. The highest BCUT2D eigenvalue weighted by molar-refractivity contribution is 6.32. The number of rotatable bonds is 9. The molecule has 0 saturated heterocycles. The Morgan fingerprint density at radius 2 is 2.12 bits per heavy atom. The number of carbonyl (C=O) groups is 1. The Morgan fingerprint density at radius 3 is 2.84 bits per heavy atom. The Balaban J connectivity index is 2.17. The first-order valence-electron chi connectivity index (χ1n) is 8.31. The average molecular weight is 368 g/mol. The van der Waals surface area contributed by atoms with E-state index in [1.807, 2.05) is 0 Å². The minimum atomic E-state index is -0.423. The van der Waals surface area contributed by atoms with Crippen LogP contribution < -0.4 is 15.7 Å². The Bertz CT molecular complexity index is 787. The Labute approximate surface area is 150 Å². The van der Waals surface area contributed by atoms with Crippen molar-refractivity contribution in [2.75, 3.05) is 19.8 Å². The summed E-state index contributed by atoms with van der Waals surface area (Å²) >= 11 is 6.25. The van der Waals surface area contributed by atoms with Crippen molar-refractivity contribution in [3.8, 4) is 5.75 Å². The van der Waals surface area contributed by atoms with Gasteiger partial charge in [-0.2, -0.15) is 0 Å². The van der Waals surface area contributed by atoms with Crippen molar-refractivity contribution in [3.63, 3.8) is 0 Å². The fourth-order valence-electron chi connectivity index (χ4n) is 2.41. The van der Waals surface area contributed by atoms with Crippen molar-refractivity contribution in [2.24, 2.45) is 0 Å². The van der Waals surface area contributed by atoms with Crippen LogP contribution in [-0.2, 0) is 11.2 Å². The zero-order chi connectivity index (χ0) is 18.2. The number of amides is 1. The molecule has 0 fully saturated rings. The number of aliphatic hydroxyl groups is 1. The lowest BCUT2D eigenvalue weighted by Crippen LogP contribution is -2.30. The summed E-state index contributed by atoms with van der Waals surface area (Å²) in [4.78, 5) is 23.4. The molecule has 2 rings (SSSR count). The smallest absolute Gasteiger partial charge is 0.336 e. The Hall–Kier alpha value is -2.05. The molecular formula is C18H22ClNO5. The molecule has 0 atom stereocenters. The van der Waals surface area contributed by atoms with Gasteiger partial charge in [0.05, 0.1) is 5.02 Å². The van der Waals surface area contributed by atoms with Crippen LogP contribution in [0.1, 0.15) is 31.7 Å². The highest BCUT2D eigenvalue weighted by Gasteiger charge is 2.12. The van der Waals surface area contributed by atoms with Gasteiger partial charge in [0.15, 0.2) is 6.61 Å². The predicted molar refractivity (Wildman–Crippen MR) is 96.3 cm³/mol. The van der Waals surface area contributed by atoms with Gasteiger partial charge in [0.2, 0.25) is 0 Å². The number of unbranched alkanes of at least 4 members (excludes halogenated alkanes) is 1. The molecule has 1 heterocycles. The van der Waals surface area contributed by atoms with Gasteiger partial charge in [-0.05, 0) is 30.9 Å². The summed E-state index contributed by atoms with van der Waals surface area (Å²) < 4.78 is 10.7. The second-order valence-electron chi connectivity index (χ2n) is 5.69. The molecule has 0 radical (unpaired) electrons.